The van der Waals surface area contributed by atoms with Gasteiger partial charge in [0, 0.05) is 29.3 Å². The van der Waals surface area contributed by atoms with Crippen molar-refractivity contribution in [2.75, 3.05) is 13.1 Å². The normalized spacial score (nSPS) is 17.2. The average Bonchev–Trinajstić information content (AvgIpc) is 2.38. The molecular formula is C14H18ClNO3S. The van der Waals surface area contributed by atoms with Gasteiger partial charge in [0.25, 0.3) is 15.0 Å². The van der Waals surface area contributed by atoms with E-state index in [1.54, 1.807) is 24.0 Å². The van der Waals surface area contributed by atoms with Crippen LogP contribution in [0.2, 0.25) is 0 Å². The van der Waals surface area contributed by atoms with Gasteiger partial charge >= 0.3 is 0 Å². The Kier molecular flexibility index (Phi) is 4.39. The van der Waals surface area contributed by atoms with E-state index in [-0.39, 0.29) is 10.8 Å². The van der Waals surface area contributed by atoms with E-state index in [1.807, 2.05) is 0 Å². The van der Waals surface area contributed by atoms with Crippen LogP contribution in [0.3, 0.4) is 0 Å². The molecule has 0 N–H and O–H groups in total. The Morgan fingerprint density at radius 1 is 1.30 bits per heavy atom. The summed E-state index contributed by atoms with van der Waals surface area (Å²) in [7, 11) is 1.57. The molecule has 4 nitrogen and oxygen atoms in total. The molecule has 1 fully saturated rings. The van der Waals surface area contributed by atoms with Crippen LogP contribution in [-0.4, -0.2) is 32.3 Å². The zero-order valence-electron chi connectivity index (χ0n) is 11.6. The van der Waals surface area contributed by atoms with Crippen molar-refractivity contribution in [2.24, 2.45) is 5.92 Å². The number of amides is 1. The molecular weight excluding hydrogens is 298 g/mol. The van der Waals surface area contributed by atoms with Gasteiger partial charge in [-0.15, -0.1) is 0 Å². The quantitative estimate of drug-likeness (QED) is 0.789. The maximum atomic E-state index is 12.4. The van der Waals surface area contributed by atoms with Gasteiger partial charge in [-0.25, -0.2) is 8.42 Å². The van der Waals surface area contributed by atoms with Gasteiger partial charge in [0.05, 0.1) is 4.90 Å². The zero-order chi connectivity index (χ0) is 14.9. The van der Waals surface area contributed by atoms with Crippen LogP contribution >= 0.6 is 10.7 Å². The lowest BCUT2D eigenvalue weighted by atomic mass is 9.98. The van der Waals surface area contributed by atoms with Crippen LogP contribution in [0.25, 0.3) is 0 Å². The number of halogens is 1. The predicted molar refractivity (Wildman–Crippen MR) is 78.5 cm³/mol. The van der Waals surface area contributed by atoms with Crippen molar-refractivity contribution in [1.29, 1.82) is 0 Å². The summed E-state index contributed by atoms with van der Waals surface area (Å²) >= 11 is 0. The lowest BCUT2D eigenvalue weighted by Crippen LogP contribution is -2.37. The monoisotopic (exact) mass is 315 g/mol. The fraction of sp³-hybridized carbons (Fsp3) is 0.500. The Balaban J connectivity index is 2.27. The second kappa shape index (κ2) is 5.74. The van der Waals surface area contributed by atoms with Crippen LogP contribution in [0.4, 0.5) is 0 Å². The number of carbonyl (C=O) groups excluding carboxylic acids is 1. The van der Waals surface area contributed by atoms with E-state index in [9.17, 15) is 13.2 Å². The first-order valence-electron chi connectivity index (χ1n) is 6.63. The van der Waals surface area contributed by atoms with Crippen molar-refractivity contribution in [1.82, 2.24) is 4.90 Å². The largest absolute Gasteiger partial charge is 0.339 e. The minimum atomic E-state index is -3.83. The standard InChI is InChI=1S/C14H18ClNO3S/c1-10-5-7-16(8-6-10)14(17)12-4-3-11(2)13(9-12)20(15,18)19/h3-4,9-10H,5-8H2,1-2H3. The van der Waals surface area contributed by atoms with Crippen molar-refractivity contribution < 1.29 is 13.2 Å². The maximum absolute atomic E-state index is 12.4. The molecule has 1 heterocycles. The summed E-state index contributed by atoms with van der Waals surface area (Å²) in [4.78, 5) is 14.2. The van der Waals surface area contributed by atoms with Crippen LogP contribution in [0.5, 0.6) is 0 Å². The molecule has 0 spiro atoms. The number of likely N-dealkylation sites (tertiary alicyclic amines) is 1. The number of carbonyl (C=O) groups is 1. The van der Waals surface area contributed by atoms with Crippen molar-refractivity contribution >= 4 is 25.6 Å². The number of piperidine rings is 1. The van der Waals surface area contributed by atoms with Gasteiger partial charge in [0.1, 0.15) is 0 Å². The molecule has 0 radical (unpaired) electrons. The van der Waals surface area contributed by atoms with E-state index in [0.717, 1.165) is 25.9 Å². The van der Waals surface area contributed by atoms with Crippen molar-refractivity contribution in [3.05, 3.63) is 29.3 Å². The topological polar surface area (TPSA) is 54.5 Å². The van der Waals surface area contributed by atoms with E-state index in [2.05, 4.69) is 6.92 Å². The SMILES string of the molecule is Cc1ccc(C(=O)N2CCC(C)CC2)cc1S(=O)(=O)Cl. The Bertz CT molecular complexity index is 619. The number of aryl methyl sites for hydroxylation is 1. The van der Waals surface area contributed by atoms with Crippen molar-refractivity contribution in [3.63, 3.8) is 0 Å². The molecule has 1 aliphatic heterocycles. The smallest absolute Gasteiger partial charge is 0.261 e. The molecule has 1 aromatic rings. The first-order chi connectivity index (χ1) is 9.29. The summed E-state index contributed by atoms with van der Waals surface area (Å²) in [5.74, 6) is 0.509. The van der Waals surface area contributed by atoms with Crippen molar-refractivity contribution in [3.8, 4) is 0 Å². The van der Waals surface area contributed by atoms with E-state index in [0.29, 0.717) is 17.0 Å². The number of nitrogens with zero attached hydrogens (tertiary/aromatic N) is 1. The summed E-state index contributed by atoms with van der Waals surface area (Å²) in [6.07, 6.45) is 1.97. The number of hydrogen-bond acceptors (Lipinski definition) is 3. The summed E-state index contributed by atoms with van der Waals surface area (Å²) < 4.78 is 23.0. The summed E-state index contributed by atoms with van der Waals surface area (Å²) in [5.41, 5.74) is 0.924. The minimum absolute atomic E-state index is 0.00962. The lowest BCUT2D eigenvalue weighted by molar-refractivity contribution is 0.0697. The Morgan fingerprint density at radius 2 is 1.90 bits per heavy atom. The van der Waals surface area contributed by atoms with Crippen molar-refractivity contribution in [2.45, 2.75) is 31.6 Å². The zero-order valence-corrected chi connectivity index (χ0v) is 13.2. The Labute approximate surface area is 124 Å². The summed E-state index contributed by atoms with van der Waals surface area (Å²) in [6, 6.07) is 4.65. The van der Waals surface area contributed by atoms with E-state index in [4.69, 9.17) is 10.7 Å². The minimum Gasteiger partial charge on any atom is -0.339 e. The summed E-state index contributed by atoms with van der Waals surface area (Å²) in [6.45, 7) is 5.27. The highest BCUT2D eigenvalue weighted by Gasteiger charge is 2.23. The third-order valence-corrected chi connectivity index (χ3v) is 5.23. The lowest BCUT2D eigenvalue weighted by Gasteiger charge is -2.30. The molecule has 1 amide bonds. The average molecular weight is 316 g/mol. The van der Waals surface area contributed by atoms with E-state index >= 15 is 0 Å². The first-order valence-corrected chi connectivity index (χ1v) is 8.94. The third-order valence-electron chi connectivity index (χ3n) is 3.77. The number of benzene rings is 1. The second-order valence-corrected chi connectivity index (χ2v) is 7.93. The number of hydrogen-bond donors (Lipinski definition) is 0. The first kappa shape index (κ1) is 15.3. The fourth-order valence-electron chi connectivity index (χ4n) is 2.39. The molecule has 1 aliphatic rings. The summed E-state index contributed by atoms with van der Waals surface area (Å²) in [5, 5.41) is 0. The highest BCUT2D eigenvalue weighted by Crippen LogP contribution is 2.23. The molecule has 1 aromatic carbocycles. The number of rotatable bonds is 2. The fourth-order valence-corrected chi connectivity index (χ4v) is 3.61. The molecule has 0 saturated carbocycles. The molecule has 6 heteroatoms. The van der Waals surface area contributed by atoms with Crippen LogP contribution < -0.4 is 0 Å². The molecule has 0 atom stereocenters. The highest BCUT2D eigenvalue weighted by molar-refractivity contribution is 8.13. The molecule has 0 unspecified atom stereocenters. The van der Waals surface area contributed by atoms with Gasteiger partial charge in [0.15, 0.2) is 0 Å². The van der Waals surface area contributed by atoms with Crippen LogP contribution in [0.1, 0.15) is 35.7 Å². The second-order valence-electron chi connectivity index (χ2n) is 5.39. The Morgan fingerprint density at radius 3 is 2.45 bits per heavy atom. The van der Waals surface area contributed by atoms with Crippen LogP contribution in [0, 0.1) is 12.8 Å². The van der Waals surface area contributed by atoms with Gasteiger partial charge in [-0.2, -0.15) is 0 Å². The van der Waals surface area contributed by atoms with Gasteiger partial charge in [0.2, 0.25) is 0 Å². The highest BCUT2D eigenvalue weighted by atomic mass is 35.7. The molecule has 110 valence electrons. The van der Waals surface area contributed by atoms with E-state index < -0.39 is 9.05 Å². The molecule has 20 heavy (non-hydrogen) atoms. The van der Waals surface area contributed by atoms with Gasteiger partial charge in [-0.3, -0.25) is 4.79 Å². The van der Waals surface area contributed by atoms with Crippen LogP contribution in [-0.2, 0) is 9.05 Å². The molecule has 0 aromatic heterocycles. The van der Waals surface area contributed by atoms with E-state index in [1.165, 1.54) is 6.07 Å². The molecule has 0 aliphatic carbocycles. The molecule has 1 saturated heterocycles. The molecule has 0 bridgehead atoms. The Hall–Kier alpha value is -1.07. The van der Waals surface area contributed by atoms with Crippen LogP contribution in [0.15, 0.2) is 23.1 Å². The maximum Gasteiger partial charge on any atom is 0.261 e. The molecule has 2 rings (SSSR count). The third kappa shape index (κ3) is 3.33. The van der Waals surface area contributed by atoms with Gasteiger partial charge < -0.3 is 4.90 Å². The van der Waals surface area contributed by atoms with Gasteiger partial charge in [-0.1, -0.05) is 13.0 Å². The predicted octanol–water partition coefficient (Wildman–Crippen LogP) is 2.79. The van der Waals surface area contributed by atoms with Gasteiger partial charge in [-0.05, 0) is 43.4 Å².